The molecule has 18 heavy (non-hydrogen) atoms. The Labute approximate surface area is 108 Å². The van der Waals surface area contributed by atoms with E-state index in [1.807, 2.05) is 0 Å². The Balaban J connectivity index is 1.79. The number of piperidine rings is 1. The van der Waals surface area contributed by atoms with E-state index in [4.69, 9.17) is 4.74 Å². The van der Waals surface area contributed by atoms with Crippen molar-refractivity contribution >= 4 is 5.82 Å². The van der Waals surface area contributed by atoms with Gasteiger partial charge in [-0.25, -0.2) is 0 Å². The van der Waals surface area contributed by atoms with Gasteiger partial charge in [0.25, 0.3) is 0 Å². The van der Waals surface area contributed by atoms with Gasteiger partial charge in [-0.05, 0) is 30.9 Å². The van der Waals surface area contributed by atoms with Crippen LogP contribution in [0.15, 0.2) is 12.1 Å². The van der Waals surface area contributed by atoms with E-state index in [1.165, 1.54) is 18.4 Å². The molecule has 1 saturated heterocycles. The van der Waals surface area contributed by atoms with Gasteiger partial charge < -0.3 is 15.0 Å². The molecular formula is C14H21N3O. The van der Waals surface area contributed by atoms with Gasteiger partial charge in [-0.1, -0.05) is 6.92 Å². The predicted molar refractivity (Wildman–Crippen MR) is 72.0 cm³/mol. The molecule has 4 nitrogen and oxygen atoms in total. The largest absolute Gasteiger partial charge is 0.476 e. The lowest BCUT2D eigenvalue weighted by Gasteiger charge is -2.31. The third-order valence-electron chi connectivity index (χ3n) is 3.87. The molecule has 0 bridgehead atoms. The van der Waals surface area contributed by atoms with Crippen LogP contribution in [0.2, 0.25) is 0 Å². The quantitative estimate of drug-likeness (QED) is 0.821. The first kappa shape index (κ1) is 11.8. The van der Waals surface area contributed by atoms with Gasteiger partial charge >= 0.3 is 0 Å². The lowest BCUT2D eigenvalue weighted by atomic mass is 9.99. The fourth-order valence-corrected chi connectivity index (χ4v) is 2.58. The maximum atomic E-state index is 5.70. The fraction of sp³-hybridized carbons (Fsp3) is 0.643. The van der Waals surface area contributed by atoms with Crippen LogP contribution in [0.5, 0.6) is 5.88 Å². The molecule has 98 valence electrons. The molecule has 0 saturated carbocycles. The predicted octanol–water partition coefficient (Wildman–Crippen LogP) is 1.80. The molecule has 4 heteroatoms. The first-order valence-electron chi connectivity index (χ1n) is 6.91. The molecule has 1 aromatic heterocycles. The third kappa shape index (κ3) is 2.43. The summed E-state index contributed by atoms with van der Waals surface area (Å²) in [5.41, 5.74) is 1.17. The highest BCUT2D eigenvalue weighted by Gasteiger charge is 2.18. The Morgan fingerprint density at radius 2 is 2.17 bits per heavy atom. The van der Waals surface area contributed by atoms with Crippen molar-refractivity contribution < 1.29 is 4.74 Å². The van der Waals surface area contributed by atoms with Crippen LogP contribution in [-0.4, -0.2) is 31.2 Å². The number of nitrogens with one attached hydrogen (secondary N) is 1. The second-order valence-electron chi connectivity index (χ2n) is 5.33. The normalized spacial score (nSPS) is 21.1. The van der Waals surface area contributed by atoms with Crippen molar-refractivity contribution in [3.63, 3.8) is 0 Å². The Hall–Kier alpha value is -1.29. The lowest BCUT2D eigenvalue weighted by molar-refractivity contribution is 0.313. The minimum atomic E-state index is 0.709. The van der Waals surface area contributed by atoms with Gasteiger partial charge in [-0.15, -0.1) is 0 Å². The summed E-state index contributed by atoms with van der Waals surface area (Å²) < 4.78 is 5.70. The van der Waals surface area contributed by atoms with E-state index in [0.717, 1.165) is 43.8 Å². The van der Waals surface area contributed by atoms with E-state index in [-0.39, 0.29) is 0 Å². The Kier molecular flexibility index (Phi) is 3.37. The number of anilines is 1. The number of aromatic nitrogens is 1. The molecule has 0 aromatic carbocycles. The molecule has 1 fully saturated rings. The number of nitrogens with zero attached hydrogens (tertiary/aromatic N) is 2. The summed E-state index contributed by atoms with van der Waals surface area (Å²) in [7, 11) is 0. The summed E-state index contributed by atoms with van der Waals surface area (Å²) in [5, 5.41) is 3.33. The van der Waals surface area contributed by atoms with Crippen LogP contribution in [0.1, 0.15) is 25.3 Å². The molecule has 0 atom stereocenters. The first-order valence-corrected chi connectivity index (χ1v) is 6.91. The number of hydrogen-bond acceptors (Lipinski definition) is 4. The molecule has 0 spiro atoms. The van der Waals surface area contributed by atoms with Crippen LogP contribution in [0.25, 0.3) is 0 Å². The smallest absolute Gasteiger partial charge is 0.219 e. The highest BCUT2D eigenvalue weighted by atomic mass is 16.5. The minimum absolute atomic E-state index is 0.709. The molecule has 0 unspecified atom stereocenters. The summed E-state index contributed by atoms with van der Waals surface area (Å²) in [6.07, 6.45) is 2.53. The molecule has 2 aliphatic rings. The van der Waals surface area contributed by atoms with Gasteiger partial charge in [-0.3, -0.25) is 0 Å². The summed E-state index contributed by atoms with van der Waals surface area (Å²) in [5.74, 6) is 2.74. The van der Waals surface area contributed by atoms with Crippen molar-refractivity contribution in [3.05, 3.63) is 17.7 Å². The average molecular weight is 247 g/mol. The number of fused-ring (bicyclic) bond motifs is 1. The summed E-state index contributed by atoms with van der Waals surface area (Å²) in [4.78, 5) is 7.06. The van der Waals surface area contributed by atoms with E-state index < -0.39 is 0 Å². The summed E-state index contributed by atoms with van der Waals surface area (Å²) in [6, 6.07) is 4.28. The molecule has 0 radical (unpaired) electrons. The lowest BCUT2D eigenvalue weighted by Crippen LogP contribution is -2.33. The zero-order valence-electron chi connectivity index (χ0n) is 11.0. The summed E-state index contributed by atoms with van der Waals surface area (Å²) in [6.45, 7) is 7.03. The van der Waals surface area contributed by atoms with Gasteiger partial charge in [0.2, 0.25) is 5.88 Å². The standard InChI is InChI=1S/C14H21N3O/c1-11-4-7-17(8-5-11)13-3-2-12-10-15-6-9-18-14(12)16-13/h2-3,11,15H,4-10H2,1H3. The fourth-order valence-electron chi connectivity index (χ4n) is 2.58. The van der Waals surface area contributed by atoms with Crippen LogP contribution < -0.4 is 15.0 Å². The van der Waals surface area contributed by atoms with Crippen molar-refractivity contribution in [2.45, 2.75) is 26.3 Å². The second-order valence-corrected chi connectivity index (χ2v) is 5.33. The van der Waals surface area contributed by atoms with Gasteiger partial charge in [0.1, 0.15) is 12.4 Å². The molecular weight excluding hydrogens is 226 g/mol. The van der Waals surface area contributed by atoms with Gasteiger partial charge in [-0.2, -0.15) is 4.98 Å². The minimum Gasteiger partial charge on any atom is -0.476 e. The highest BCUT2D eigenvalue weighted by molar-refractivity contribution is 5.44. The average Bonchev–Trinajstić information content (AvgIpc) is 2.64. The van der Waals surface area contributed by atoms with Gasteiger partial charge in [0.15, 0.2) is 0 Å². The van der Waals surface area contributed by atoms with Gasteiger partial charge in [0, 0.05) is 31.7 Å². The van der Waals surface area contributed by atoms with Crippen LogP contribution >= 0.6 is 0 Å². The Bertz CT molecular complexity index is 414. The van der Waals surface area contributed by atoms with E-state index >= 15 is 0 Å². The van der Waals surface area contributed by atoms with Crippen molar-refractivity contribution in [1.29, 1.82) is 0 Å². The third-order valence-corrected chi connectivity index (χ3v) is 3.87. The molecule has 0 amide bonds. The topological polar surface area (TPSA) is 37.4 Å². The molecule has 3 heterocycles. The first-order chi connectivity index (χ1) is 8.83. The van der Waals surface area contributed by atoms with Crippen molar-refractivity contribution in [2.24, 2.45) is 5.92 Å². The SMILES string of the molecule is CC1CCN(c2ccc3c(n2)OCCNC3)CC1. The maximum Gasteiger partial charge on any atom is 0.219 e. The van der Waals surface area contributed by atoms with Crippen molar-refractivity contribution in [3.8, 4) is 5.88 Å². The summed E-state index contributed by atoms with van der Waals surface area (Å²) >= 11 is 0. The van der Waals surface area contributed by atoms with E-state index in [1.54, 1.807) is 0 Å². The maximum absolute atomic E-state index is 5.70. The molecule has 3 rings (SSSR count). The Morgan fingerprint density at radius 1 is 1.33 bits per heavy atom. The zero-order valence-corrected chi connectivity index (χ0v) is 11.0. The number of ether oxygens (including phenoxy) is 1. The zero-order chi connectivity index (χ0) is 12.4. The number of hydrogen-bond donors (Lipinski definition) is 1. The number of rotatable bonds is 1. The van der Waals surface area contributed by atoms with Crippen LogP contribution in [0, 0.1) is 5.92 Å². The van der Waals surface area contributed by atoms with E-state index in [2.05, 4.69) is 34.3 Å². The van der Waals surface area contributed by atoms with Gasteiger partial charge in [0.05, 0.1) is 0 Å². The Morgan fingerprint density at radius 3 is 3.00 bits per heavy atom. The second kappa shape index (κ2) is 5.14. The number of pyridine rings is 1. The monoisotopic (exact) mass is 247 g/mol. The van der Waals surface area contributed by atoms with Crippen LogP contribution in [0.4, 0.5) is 5.82 Å². The van der Waals surface area contributed by atoms with Crippen molar-refractivity contribution in [1.82, 2.24) is 10.3 Å². The molecule has 0 aliphatic carbocycles. The molecule has 1 aromatic rings. The van der Waals surface area contributed by atoms with Crippen molar-refractivity contribution in [2.75, 3.05) is 31.1 Å². The van der Waals surface area contributed by atoms with Crippen LogP contribution in [-0.2, 0) is 6.54 Å². The van der Waals surface area contributed by atoms with Crippen LogP contribution in [0.3, 0.4) is 0 Å². The molecule has 2 aliphatic heterocycles. The molecule has 1 N–H and O–H groups in total. The van der Waals surface area contributed by atoms with E-state index in [0.29, 0.717) is 6.61 Å². The van der Waals surface area contributed by atoms with E-state index in [9.17, 15) is 0 Å². The highest BCUT2D eigenvalue weighted by Crippen LogP contribution is 2.25.